The van der Waals surface area contributed by atoms with Crippen molar-refractivity contribution in [2.75, 3.05) is 5.32 Å². The largest absolute Gasteiger partial charge is 0.376 e. The molecular formula is C17H19ClN2O. The Morgan fingerprint density at radius 1 is 1.29 bits per heavy atom. The Labute approximate surface area is 129 Å². The van der Waals surface area contributed by atoms with Crippen LogP contribution in [-0.2, 0) is 13.5 Å². The molecule has 1 unspecified atom stereocenters. The van der Waals surface area contributed by atoms with Crippen LogP contribution in [0.15, 0.2) is 41.3 Å². The van der Waals surface area contributed by atoms with Crippen molar-refractivity contribution < 1.29 is 0 Å². The molecule has 110 valence electrons. The van der Waals surface area contributed by atoms with Crippen molar-refractivity contribution in [3.63, 3.8) is 0 Å². The van der Waals surface area contributed by atoms with E-state index in [0.717, 1.165) is 17.1 Å². The van der Waals surface area contributed by atoms with Gasteiger partial charge in [0.05, 0.1) is 11.7 Å². The number of halogens is 1. The molecule has 1 N–H and O–H groups in total. The standard InChI is InChI=1S/C17H19ClN2O/c1-17(2)9-11-4-5-12(18)8-14(11)16(17)19-13-6-7-15(21)20(3)10-13/h4-8,10,16,19H,9H2,1-3H3. The van der Waals surface area contributed by atoms with Gasteiger partial charge in [-0.05, 0) is 41.2 Å². The fraction of sp³-hybridized carbons (Fsp3) is 0.353. The van der Waals surface area contributed by atoms with E-state index in [-0.39, 0.29) is 17.0 Å². The molecule has 0 radical (unpaired) electrons. The van der Waals surface area contributed by atoms with E-state index in [1.54, 1.807) is 17.7 Å². The summed E-state index contributed by atoms with van der Waals surface area (Å²) >= 11 is 6.16. The lowest BCUT2D eigenvalue weighted by Crippen LogP contribution is -2.25. The Hall–Kier alpha value is -1.74. The van der Waals surface area contributed by atoms with Crippen molar-refractivity contribution in [3.05, 3.63) is 63.0 Å². The minimum atomic E-state index is -0.00493. The first-order chi connectivity index (χ1) is 9.87. The number of fused-ring (bicyclic) bond motifs is 1. The summed E-state index contributed by atoms with van der Waals surface area (Å²) in [5, 5.41) is 4.33. The van der Waals surface area contributed by atoms with Crippen LogP contribution >= 0.6 is 11.6 Å². The summed E-state index contributed by atoms with van der Waals surface area (Å²) in [5.41, 5.74) is 3.63. The third-order valence-electron chi connectivity index (χ3n) is 4.24. The normalized spacial score (nSPS) is 19.3. The average Bonchev–Trinajstić information content (AvgIpc) is 2.65. The van der Waals surface area contributed by atoms with Crippen LogP contribution < -0.4 is 10.9 Å². The zero-order valence-electron chi connectivity index (χ0n) is 12.5. The van der Waals surface area contributed by atoms with E-state index in [9.17, 15) is 4.79 Å². The highest BCUT2D eigenvalue weighted by Crippen LogP contribution is 2.47. The molecule has 21 heavy (non-hydrogen) atoms. The number of rotatable bonds is 2. The second-order valence-corrected chi connectivity index (χ2v) is 6.89. The molecule has 2 aromatic rings. The summed E-state index contributed by atoms with van der Waals surface area (Å²) in [7, 11) is 1.76. The van der Waals surface area contributed by atoms with Gasteiger partial charge in [-0.25, -0.2) is 0 Å². The van der Waals surface area contributed by atoms with Gasteiger partial charge in [0.15, 0.2) is 0 Å². The fourth-order valence-corrected chi connectivity index (χ4v) is 3.31. The number of anilines is 1. The van der Waals surface area contributed by atoms with Crippen molar-refractivity contribution in [1.29, 1.82) is 0 Å². The van der Waals surface area contributed by atoms with E-state index in [0.29, 0.717) is 0 Å². The van der Waals surface area contributed by atoms with Crippen molar-refractivity contribution >= 4 is 17.3 Å². The topological polar surface area (TPSA) is 34.0 Å². The van der Waals surface area contributed by atoms with Gasteiger partial charge in [-0.2, -0.15) is 0 Å². The van der Waals surface area contributed by atoms with E-state index in [1.165, 1.54) is 11.1 Å². The van der Waals surface area contributed by atoms with Crippen molar-refractivity contribution in [1.82, 2.24) is 4.57 Å². The number of benzene rings is 1. The zero-order valence-corrected chi connectivity index (χ0v) is 13.2. The Morgan fingerprint density at radius 3 is 2.76 bits per heavy atom. The molecule has 0 aliphatic heterocycles. The van der Waals surface area contributed by atoms with E-state index >= 15 is 0 Å². The molecule has 4 heteroatoms. The summed E-state index contributed by atoms with van der Waals surface area (Å²) < 4.78 is 1.59. The van der Waals surface area contributed by atoms with Gasteiger partial charge in [0, 0.05) is 24.3 Å². The number of aromatic nitrogens is 1. The van der Waals surface area contributed by atoms with Crippen LogP contribution in [0.4, 0.5) is 5.69 Å². The molecular weight excluding hydrogens is 284 g/mol. The van der Waals surface area contributed by atoms with Crippen LogP contribution in [0.3, 0.4) is 0 Å². The van der Waals surface area contributed by atoms with Gasteiger partial charge in [0.1, 0.15) is 0 Å². The maximum Gasteiger partial charge on any atom is 0.250 e. The van der Waals surface area contributed by atoms with Gasteiger partial charge < -0.3 is 9.88 Å². The third kappa shape index (κ3) is 2.58. The second kappa shape index (κ2) is 4.92. The summed E-state index contributed by atoms with van der Waals surface area (Å²) in [4.78, 5) is 11.5. The van der Waals surface area contributed by atoms with Gasteiger partial charge in [-0.3, -0.25) is 4.79 Å². The highest BCUT2D eigenvalue weighted by molar-refractivity contribution is 6.30. The molecule has 0 saturated heterocycles. The first kappa shape index (κ1) is 14.2. The molecule has 1 aliphatic rings. The van der Waals surface area contributed by atoms with Crippen LogP contribution in [0.2, 0.25) is 5.02 Å². The van der Waals surface area contributed by atoms with E-state index in [2.05, 4.69) is 25.2 Å². The highest BCUT2D eigenvalue weighted by atomic mass is 35.5. The quantitative estimate of drug-likeness (QED) is 0.916. The van der Waals surface area contributed by atoms with E-state index in [4.69, 9.17) is 11.6 Å². The molecule has 1 atom stereocenters. The lowest BCUT2D eigenvalue weighted by Gasteiger charge is -2.29. The molecule has 0 fully saturated rings. The molecule has 1 aromatic carbocycles. The predicted octanol–water partition coefficient (Wildman–Crippen LogP) is 3.77. The number of hydrogen-bond acceptors (Lipinski definition) is 2. The molecule has 3 nitrogen and oxygen atoms in total. The second-order valence-electron chi connectivity index (χ2n) is 6.45. The molecule has 1 heterocycles. The maximum absolute atomic E-state index is 11.5. The van der Waals surface area contributed by atoms with Crippen LogP contribution in [0.25, 0.3) is 0 Å². The molecule has 0 bridgehead atoms. The lowest BCUT2D eigenvalue weighted by molar-refractivity contribution is 0.337. The van der Waals surface area contributed by atoms with Crippen molar-refractivity contribution in [3.8, 4) is 0 Å². The first-order valence-corrected chi connectivity index (χ1v) is 7.46. The zero-order chi connectivity index (χ0) is 15.2. The molecule has 0 amide bonds. The van der Waals surface area contributed by atoms with Gasteiger partial charge in [0.2, 0.25) is 5.56 Å². The molecule has 0 saturated carbocycles. The minimum absolute atomic E-state index is 0.00493. The molecule has 1 aliphatic carbocycles. The minimum Gasteiger partial charge on any atom is -0.376 e. The fourth-order valence-electron chi connectivity index (χ4n) is 3.13. The monoisotopic (exact) mass is 302 g/mol. The Kier molecular flexibility index (Phi) is 3.33. The van der Waals surface area contributed by atoms with Gasteiger partial charge in [-0.1, -0.05) is 31.5 Å². The summed E-state index contributed by atoms with van der Waals surface area (Å²) in [6, 6.07) is 9.71. The SMILES string of the molecule is Cn1cc(NC2c3cc(Cl)ccc3CC2(C)C)ccc1=O. The number of nitrogens with zero attached hydrogens (tertiary/aromatic N) is 1. The maximum atomic E-state index is 11.5. The van der Waals surface area contributed by atoms with E-state index < -0.39 is 0 Å². The van der Waals surface area contributed by atoms with Gasteiger partial charge >= 0.3 is 0 Å². The van der Waals surface area contributed by atoms with Gasteiger partial charge in [0.25, 0.3) is 0 Å². The average molecular weight is 303 g/mol. The smallest absolute Gasteiger partial charge is 0.250 e. The van der Waals surface area contributed by atoms with Crippen LogP contribution in [0.1, 0.15) is 31.0 Å². The predicted molar refractivity (Wildman–Crippen MR) is 87.0 cm³/mol. The van der Waals surface area contributed by atoms with Crippen molar-refractivity contribution in [2.24, 2.45) is 12.5 Å². The summed E-state index contributed by atoms with van der Waals surface area (Å²) in [5.74, 6) is 0. The summed E-state index contributed by atoms with van der Waals surface area (Å²) in [6.07, 6.45) is 2.85. The van der Waals surface area contributed by atoms with Crippen LogP contribution in [0, 0.1) is 5.41 Å². The Bertz CT molecular complexity index is 749. The van der Waals surface area contributed by atoms with Gasteiger partial charge in [-0.15, -0.1) is 0 Å². The number of nitrogens with one attached hydrogen (secondary N) is 1. The van der Waals surface area contributed by atoms with Crippen LogP contribution in [-0.4, -0.2) is 4.57 Å². The molecule has 1 aromatic heterocycles. The van der Waals surface area contributed by atoms with Crippen molar-refractivity contribution in [2.45, 2.75) is 26.3 Å². The number of hydrogen-bond donors (Lipinski definition) is 1. The molecule has 3 rings (SSSR count). The molecule has 0 spiro atoms. The number of aryl methyl sites for hydroxylation is 1. The Morgan fingerprint density at radius 2 is 2.05 bits per heavy atom. The van der Waals surface area contributed by atoms with Crippen LogP contribution in [0.5, 0.6) is 0 Å². The Balaban J connectivity index is 1.99. The van der Waals surface area contributed by atoms with E-state index in [1.807, 2.05) is 24.4 Å². The highest BCUT2D eigenvalue weighted by Gasteiger charge is 2.39. The first-order valence-electron chi connectivity index (χ1n) is 7.08. The number of pyridine rings is 1. The summed E-state index contributed by atoms with van der Waals surface area (Å²) in [6.45, 7) is 4.50. The third-order valence-corrected chi connectivity index (χ3v) is 4.48. The lowest BCUT2D eigenvalue weighted by atomic mass is 9.85.